The summed E-state index contributed by atoms with van der Waals surface area (Å²) in [6, 6.07) is 6.53. The third-order valence-corrected chi connectivity index (χ3v) is 4.30. The van der Waals surface area contributed by atoms with Crippen LogP contribution in [0.1, 0.15) is 5.56 Å². The first-order chi connectivity index (χ1) is 11.5. The summed E-state index contributed by atoms with van der Waals surface area (Å²) in [5.41, 5.74) is 0.694. The quantitative estimate of drug-likeness (QED) is 0.627. The van der Waals surface area contributed by atoms with Gasteiger partial charge in [0.1, 0.15) is 11.6 Å². The van der Waals surface area contributed by atoms with Gasteiger partial charge in [-0.15, -0.1) is 0 Å². The Balaban J connectivity index is 2.44. The van der Waals surface area contributed by atoms with Crippen LogP contribution in [-0.4, -0.2) is 37.3 Å². The maximum Gasteiger partial charge on any atom is 0.288 e. The van der Waals surface area contributed by atoms with Crippen molar-refractivity contribution in [2.45, 2.75) is 13.4 Å². The largest absolute Gasteiger partial charge is 0.508 e. The van der Waals surface area contributed by atoms with E-state index in [0.29, 0.717) is 5.56 Å². The molecule has 11 heteroatoms. The Hall–Kier alpha value is -0.400. The molecule has 0 aromatic heterocycles. The summed E-state index contributed by atoms with van der Waals surface area (Å²) in [7, 11) is 1.27. The van der Waals surface area contributed by atoms with Gasteiger partial charge in [-0.3, -0.25) is 0 Å². The molecule has 1 aliphatic rings. The molecule has 1 heterocycles. The van der Waals surface area contributed by atoms with Crippen molar-refractivity contribution in [3.05, 3.63) is 35.9 Å². The molecule has 1 aromatic carbocycles. The lowest BCUT2D eigenvalue weighted by Gasteiger charge is -2.38. The molecule has 0 amide bonds. The summed E-state index contributed by atoms with van der Waals surface area (Å²) in [6.07, 6.45) is 3.18. The van der Waals surface area contributed by atoms with E-state index >= 15 is 0 Å². The van der Waals surface area contributed by atoms with E-state index in [1.165, 1.54) is 13.2 Å². The molecule has 0 spiro atoms. The van der Waals surface area contributed by atoms with Gasteiger partial charge in [0.2, 0.25) is 3.79 Å². The Morgan fingerprint density at radius 1 is 1.16 bits per heavy atom. The lowest BCUT2D eigenvalue weighted by molar-refractivity contribution is -0.0136. The van der Waals surface area contributed by atoms with Crippen molar-refractivity contribution in [1.82, 2.24) is 5.32 Å². The summed E-state index contributed by atoms with van der Waals surface area (Å²) >= 11 is 35.6. The molecule has 25 heavy (non-hydrogen) atoms. The number of phenols is 1. The number of hydrogen-bond donors (Lipinski definition) is 2. The van der Waals surface area contributed by atoms with Gasteiger partial charge in [-0.2, -0.15) is 0 Å². The van der Waals surface area contributed by atoms with Crippen molar-refractivity contribution < 1.29 is 9.84 Å². The van der Waals surface area contributed by atoms with Crippen molar-refractivity contribution in [1.29, 1.82) is 0 Å². The standard InChI is InChI=1S/C14H11Cl6N3O2/c1-25-14(13(18,19)20)22-10(21-11(23-14)12(15,16)17)6-5-8-3-2-4-9(24)7-8/h2-7,24H,1H3,(H,21,22,23). The molecule has 5 nitrogen and oxygen atoms in total. The molecule has 2 N–H and O–H groups in total. The third-order valence-electron chi connectivity index (χ3n) is 3.02. The second-order valence-corrected chi connectivity index (χ2v) is 9.39. The number of nitrogens with zero attached hydrogens (tertiary/aromatic N) is 2. The maximum atomic E-state index is 9.50. The molecule has 1 aliphatic heterocycles. The van der Waals surface area contributed by atoms with Crippen LogP contribution in [0.5, 0.6) is 5.75 Å². The minimum Gasteiger partial charge on any atom is -0.508 e. The SMILES string of the molecule is COC1(C(Cl)(Cl)Cl)N=C(C(Cl)(Cl)Cl)N=C(C=Cc2cccc(O)c2)N1. The van der Waals surface area contributed by atoms with E-state index in [1.54, 1.807) is 30.3 Å². The van der Waals surface area contributed by atoms with E-state index in [-0.39, 0.29) is 17.4 Å². The monoisotopic (exact) mass is 463 g/mol. The Kier molecular flexibility index (Phi) is 6.43. The Morgan fingerprint density at radius 3 is 2.36 bits per heavy atom. The Bertz CT molecular complexity index is 739. The van der Waals surface area contributed by atoms with Crippen molar-refractivity contribution in [3.8, 4) is 5.75 Å². The Labute approximate surface area is 174 Å². The van der Waals surface area contributed by atoms with Crippen LogP contribution in [0.25, 0.3) is 6.08 Å². The summed E-state index contributed by atoms with van der Waals surface area (Å²) in [5.74, 6) is -1.79. The lowest BCUT2D eigenvalue weighted by atomic mass is 10.2. The molecule has 0 fully saturated rings. The first-order valence-electron chi connectivity index (χ1n) is 6.60. The summed E-state index contributed by atoms with van der Waals surface area (Å²) in [4.78, 5) is 8.13. The van der Waals surface area contributed by atoms with E-state index in [1.807, 2.05) is 0 Å². The Morgan fingerprint density at radius 2 is 1.84 bits per heavy atom. The number of methoxy groups -OCH3 is 1. The zero-order valence-corrected chi connectivity index (χ0v) is 17.0. The highest BCUT2D eigenvalue weighted by Gasteiger charge is 2.53. The van der Waals surface area contributed by atoms with E-state index in [9.17, 15) is 5.11 Å². The number of halogens is 6. The zero-order valence-electron chi connectivity index (χ0n) is 12.5. The van der Waals surface area contributed by atoms with Crippen LogP contribution in [0.2, 0.25) is 0 Å². The number of ether oxygens (including phenoxy) is 1. The number of phenolic OH excluding ortho intramolecular Hbond substituents is 1. The topological polar surface area (TPSA) is 66.2 Å². The molecular formula is C14H11Cl6N3O2. The fourth-order valence-corrected chi connectivity index (χ4v) is 2.63. The fourth-order valence-electron chi connectivity index (χ4n) is 1.87. The van der Waals surface area contributed by atoms with Crippen LogP contribution in [0.4, 0.5) is 0 Å². The van der Waals surface area contributed by atoms with Crippen molar-refractivity contribution in [3.63, 3.8) is 0 Å². The third kappa shape index (κ3) is 5.07. The molecule has 0 saturated heterocycles. The van der Waals surface area contributed by atoms with Crippen LogP contribution in [-0.2, 0) is 4.74 Å². The van der Waals surface area contributed by atoms with Gasteiger partial charge in [-0.1, -0.05) is 87.8 Å². The molecule has 0 bridgehead atoms. The van der Waals surface area contributed by atoms with Gasteiger partial charge in [0.25, 0.3) is 9.64 Å². The zero-order chi connectivity index (χ0) is 18.9. The van der Waals surface area contributed by atoms with Gasteiger partial charge in [0, 0.05) is 7.11 Å². The minimum atomic E-state index is -2.04. The lowest BCUT2D eigenvalue weighted by Crippen LogP contribution is -2.60. The molecule has 0 saturated carbocycles. The molecule has 1 aromatic rings. The predicted octanol–water partition coefficient (Wildman–Crippen LogP) is 4.85. The van der Waals surface area contributed by atoms with Gasteiger partial charge in [0.05, 0.1) is 0 Å². The normalized spacial score (nSPS) is 21.7. The highest BCUT2D eigenvalue weighted by Crippen LogP contribution is 2.43. The number of aliphatic imine (C=N–C) groups is 2. The van der Waals surface area contributed by atoms with E-state index in [4.69, 9.17) is 74.3 Å². The van der Waals surface area contributed by atoms with Crippen LogP contribution in [0.3, 0.4) is 0 Å². The first kappa shape index (κ1) is 20.9. The van der Waals surface area contributed by atoms with E-state index < -0.39 is 13.4 Å². The summed E-state index contributed by atoms with van der Waals surface area (Å²) < 4.78 is 1.24. The molecule has 2 rings (SSSR count). The number of nitrogens with one attached hydrogen (secondary N) is 1. The van der Waals surface area contributed by atoms with Gasteiger partial charge >= 0.3 is 0 Å². The average Bonchev–Trinajstić information content (AvgIpc) is 2.50. The number of alkyl halides is 6. The van der Waals surface area contributed by atoms with Gasteiger partial charge < -0.3 is 15.2 Å². The number of aromatic hydroxyl groups is 1. The molecular weight excluding hydrogens is 455 g/mol. The van der Waals surface area contributed by atoms with Crippen molar-refractivity contribution >= 4 is 87.4 Å². The molecule has 1 unspecified atom stereocenters. The predicted molar refractivity (Wildman–Crippen MR) is 105 cm³/mol. The number of amidine groups is 2. The minimum absolute atomic E-state index is 0.108. The summed E-state index contributed by atoms with van der Waals surface area (Å²) in [5, 5.41) is 12.3. The van der Waals surface area contributed by atoms with Crippen LogP contribution < -0.4 is 5.32 Å². The van der Waals surface area contributed by atoms with Crippen LogP contribution in [0, 0.1) is 0 Å². The van der Waals surface area contributed by atoms with Gasteiger partial charge in [0.15, 0.2) is 5.84 Å². The van der Waals surface area contributed by atoms with Crippen molar-refractivity contribution in [2.75, 3.05) is 7.11 Å². The highest BCUT2D eigenvalue weighted by atomic mass is 35.6. The molecule has 136 valence electrons. The van der Waals surface area contributed by atoms with E-state index in [0.717, 1.165) is 0 Å². The average molecular weight is 466 g/mol. The first-order valence-corrected chi connectivity index (χ1v) is 8.86. The van der Waals surface area contributed by atoms with Gasteiger partial charge in [-0.05, 0) is 23.8 Å². The second-order valence-electron chi connectivity index (χ2n) is 4.83. The van der Waals surface area contributed by atoms with Crippen molar-refractivity contribution in [2.24, 2.45) is 9.98 Å². The highest BCUT2D eigenvalue weighted by molar-refractivity contribution is 6.77. The smallest absolute Gasteiger partial charge is 0.288 e. The van der Waals surface area contributed by atoms with Crippen LogP contribution >= 0.6 is 69.6 Å². The molecule has 0 radical (unpaired) electrons. The van der Waals surface area contributed by atoms with Crippen LogP contribution in [0.15, 0.2) is 40.3 Å². The number of rotatable bonds is 3. The number of hydrogen-bond acceptors (Lipinski definition) is 5. The van der Waals surface area contributed by atoms with E-state index in [2.05, 4.69) is 15.3 Å². The second kappa shape index (κ2) is 7.69. The molecule has 1 atom stereocenters. The number of benzene rings is 1. The molecule has 0 aliphatic carbocycles. The fraction of sp³-hybridized carbons (Fsp3) is 0.286. The summed E-state index contributed by atoms with van der Waals surface area (Å²) in [6.45, 7) is 0. The maximum absolute atomic E-state index is 9.50. The van der Waals surface area contributed by atoms with Gasteiger partial charge in [-0.25, -0.2) is 9.98 Å².